The van der Waals surface area contributed by atoms with Gasteiger partial charge in [-0.2, -0.15) is 0 Å². The summed E-state index contributed by atoms with van der Waals surface area (Å²) in [6, 6.07) is 0. The molecule has 1 heterocycles. The van der Waals surface area contributed by atoms with Crippen molar-refractivity contribution in [2.24, 2.45) is 5.92 Å². The number of epoxide rings is 1. The molecule has 3 atom stereocenters. The first-order chi connectivity index (χ1) is 6.31. The summed E-state index contributed by atoms with van der Waals surface area (Å²) in [5.41, 5.74) is 0. The monoisotopic (exact) mass is 182 g/mol. The van der Waals surface area contributed by atoms with Gasteiger partial charge < -0.3 is 9.47 Å². The van der Waals surface area contributed by atoms with Crippen LogP contribution in [0.5, 0.6) is 0 Å². The van der Waals surface area contributed by atoms with E-state index in [0.29, 0.717) is 18.1 Å². The highest BCUT2D eigenvalue weighted by Crippen LogP contribution is 2.41. The lowest BCUT2D eigenvalue weighted by molar-refractivity contribution is -0.134. The molecule has 2 fully saturated rings. The molecule has 72 valence electrons. The SMILES string of the molecule is COC(=O)/C=C/[C@@H]1CCC[C@H]2O[C@@H]12. The minimum absolute atomic E-state index is 0.275. The molecular weight excluding hydrogens is 168 g/mol. The van der Waals surface area contributed by atoms with Gasteiger partial charge in [-0.3, -0.25) is 0 Å². The zero-order valence-electron chi connectivity index (χ0n) is 7.73. The third-order valence-corrected chi connectivity index (χ3v) is 2.75. The summed E-state index contributed by atoms with van der Waals surface area (Å²) in [7, 11) is 1.39. The number of carbonyl (C=O) groups is 1. The Morgan fingerprint density at radius 3 is 3.15 bits per heavy atom. The molecule has 0 aromatic rings. The highest BCUT2D eigenvalue weighted by atomic mass is 16.6. The molecule has 2 rings (SSSR count). The van der Waals surface area contributed by atoms with E-state index < -0.39 is 0 Å². The first-order valence-electron chi connectivity index (χ1n) is 4.73. The summed E-state index contributed by atoms with van der Waals surface area (Å²) in [5, 5.41) is 0. The largest absolute Gasteiger partial charge is 0.466 e. The van der Waals surface area contributed by atoms with E-state index in [0.717, 1.165) is 6.42 Å². The van der Waals surface area contributed by atoms with Crippen molar-refractivity contribution in [2.45, 2.75) is 31.5 Å². The van der Waals surface area contributed by atoms with Gasteiger partial charge in [0.2, 0.25) is 0 Å². The van der Waals surface area contributed by atoms with Crippen molar-refractivity contribution < 1.29 is 14.3 Å². The normalized spacial score (nSPS) is 37.2. The second kappa shape index (κ2) is 3.50. The van der Waals surface area contributed by atoms with Gasteiger partial charge in [-0.05, 0) is 12.8 Å². The van der Waals surface area contributed by atoms with Gasteiger partial charge in [0.1, 0.15) is 0 Å². The molecule has 0 N–H and O–H groups in total. The Kier molecular flexibility index (Phi) is 2.36. The van der Waals surface area contributed by atoms with E-state index in [2.05, 4.69) is 4.74 Å². The summed E-state index contributed by atoms with van der Waals surface area (Å²) >= 11 is 0. The van der Waals surface area contributed by atoms with Crippen molar-refractivity contribution in [3.8, 4) is 0 Å². The fourth-order valence-electron chi connectivity index (χ4n) is 1.96. The fraction of sp³-hybridized carbons (Fsp3) is 0.700. The molecule has 2 aliphatic rings. The van der Waals surface area contributed by atoms with Crippen LogP contribution in [0, 0.1) is 5.92 Å². The van der Waals surface area contributed by atoms with Crippen LogP contribution in [0.4, 0.5) is 0 Å². The maximum absolute atomic E-state index is 10.8. The van der Waals surface area contributed by atoms with Gasteiger partial charge in [-0.1, -0.05) is 12.5 Å². The zero-order chi connectivity index (χ0) is 9.26. The lowest BCUT2D eigenvalue weighted by Gasteiger charge is -2.13. The van der Waals surface area contributed by atoms with Crippen LogP contribution in [0.2, 0.25) is 0 Å². The van der Waals surface area contributed by atoms with Gasteiger partial charge in [0.15, 0.2) is 0 Å². The third-order valence-electron chi connectivity index (χ3n) is 2.75. The number of hydrogen-bond acceptors (Lipinski definition) is 3. The second-order valence-electron chi connectivity index (χ2n) is 3.62. The Morgan fingerprint density at radius 2 is 2.38 bits per heavy atom. The average molecular weight is 182 g/mol. The molecule has 0 aromatic heterocycles. The predicted octanol–water partition coefficient (Wildman–Crippen LogP) is 1.28. The van der Waals surface area contributed by atoms with Crippen LogP contribution in [0.25, 0.3) is 0 Å². The Morgan fingerprint density at radius 1 is 1.54 bits per heavy atom. The summed E-state index contributed by atoms with van der Waals surface area (Å²) in [6.45, 7) is 0. The highest BCUT2D eigenvalue weighted by molar-refractivity contribution is 5.81. The first kappa shape index (κ1) is 8.75. The standard InChI is InChI=1S/C10H14O3/c1-12-9(11)6-5-7-3-2-4-8-10(7)13-8/h5-8,10H,2-4H2,1H3/b6-5+/t7-,8+,10-/m0/s1. The minimum atomic E-state index is -0.275. The molecule has 0 bridgehead atoms. The van der Waals surface area contributed by atoms with Gasteiger partial charge in [-0.15, -0.1) is 0 Å². The van der Waals surface area contributed by atoms with E-state index in [1.54, 1.807) is 0 Å². The van der Waals surface area contributed by atoms with E-state index in [1.165, 1.54) is 26.0 Å². The van der Waals surface area contributed by atoms with Gasteiger partial charge >= 0.3 is 5.97 Å². The van der Waals surface area contributed by atoms with Crippen molar-refractivity contribution in [3.63, 3.8) is 0 Å². The van der Waals surface area contributed by atoms with Crippen molar-refractivity contribution in [2.75, 3.05) is 7.11 Å². The molecular formula is C10H14O3. The smallest absolute Gasteiger partial charge is 0.330 e. The van der Waals surface area contributed by atoms with E-state index in [9.17, 15) is 4.79 Å². The van der Waals surface area contributed by atoms with Gasteiger partial charge in [0.25, 0.3) is 0 Å². The summed E-state index contributed by atoms with van der Waals surface area (Å²) < 4.78 is 9.98. The maximum atomic E-state index is 10.8. The van der Waals surface area contributed by atoms with Crippen LogP contribution < -0.4 is 0 Å². The van der Waals surface area contributed by atoms with E-state index in [1.807, 2.05) is 6.08 Å². The maximum Gasteiger partial charge on any atom is 0.330 e. The van der Waals surface area contributed by atoms with Crippen molar-refractivity contribution in [1.29, 1.82) is 0 Å². The highest BCUT2D eigenvalue weighted by Gasteiger charge is 2.45. The van der Waals surface area contributed by atoms with E-state index in [-0.39, 0.29) is 5.97 Å². The van der Waals surface area contributed by atoms with Gasteiger partial charge in [-0.25, -0.2) is 4.79 Å². The van der Waals surface area contributed by atoms with Crippen molar-refractivity contribution >= 4 is 5.97 Å². The summed E-state index contributed by atoms with van der Waals surface area (Å²) in [5.74, 6) is 0.153. The molecule has 1 aliphatic heterocycles. The number of methoxy groups -OCH3 is 1. The van der Waals surface area contributed by atoms with Crippen LogP contribution in [-0.2, 0) is 14.3 Å². The number of fused-ring (bicyclic) bond motifs is 1. The summed E-state index contributed by atoms with van der Waals surface area (Å²) in [6.07, 6.45) is 7.82. The number of esters is 1. The molecule has 1 saturated heterocycles. The van der Waals surface area contributed by atoms with E-state index >= 15 is 0 Å². The first-order valence-corrected chi connectivity index (χ1v) is 4.73. The van der Waals surface area contributed by atoms with Crippen LogP contribution in [0.15, 0.2) is 12.2 Å². The molecule has 3 nitrogen and oxygen atoms in total. The van der Waals surface area contributed by atoms with Gasteiger partial charge in [0, 0.05) is 12.0 Å². The molecule has 3 heteroatoms. The van der Waals surface area contributed by atoms with E-state index in [4.69, 9.17) is 4.74 Å². The lowest BCUT2D eigenvalue weighted by Crippen LogP contribution is -2.14. The topological polar surface area (TPSA) is 38.8 Å². The van der Waals surface area contributed by atoms with Crippen molar-refractivity contribution in [3.05, 3.63) is 12.2 Å². The number of rotatable bonds is 2. The predicted molar refractivity (Wildman–Crippen MR) is 47.2 cm³/mol. The Hall–Kier alpha value is -0.830. The molecule has 1 saturated carbocycles. The van der Waals surface area contributed by atoms with Crippen LogP contribution in [-0.4, -0.2) is 25.3 Å². The quantitative estimate of drug-likeness (QED) is 0.367. The van der Waals surface area contributed by atoms with Gasteiger partial charge in [0.05, 0.1) is 19.3 Å². The molecule has 0 spiro atoms. The number of carbonyl (C=O) groups excluding carboxylic acids is 1. The van der Waals surface area contributed by atoms with Crippen LogP contribution in [0.1, 0.15) is 19.3 Å². The second-order valence-corrected chi connectivity index (χ2v) is 3.62. The average Bonchev–Trinajstić information content (AvgIpc) is 2.92. The lowest BCUT2D eigenvalue weighted by atomic mass is 9.89. The molecule has 0 unspecified atom stereocenters. The minimum Gasteiger partial charge on any atom is -0.466 e. The number of ether oxygens (including phenoxy) is 2. The summed E-state index contributed by atoms with van der Waals surface area (Å²) in [4.78, 5) is 10.8. The number of hydrogen-bond donors (Lipinski definition) is 0. The molecule has 13 heavy (non-hydrogen) atoms. The van der Waals surface area contributed by atoms with Crippen LogP contribution in [0.3, 0.4) is 0 Å². The fourth-order valence-corrected chi connectivity index (χ4v) is 1.96. The van der Waals surface area contributed by atoms with Crippen LogP contribution >= 0.6 is 0 Å². The molecule has 1 aliphatic carbocycles. The Bertz CT molecular complexity index is 234. The molecule has 0 aromatic carbocycles. The Labute approximate surface area is 77.7 Å². The molecule has 0 amide bonds. The Balaban J connectivity index is 1.87. The molecule has 0 radical (unpaired) electrons. The zero-order valence-corrected chi connectivity index (χ0v) is 7.73. The third kappa shape index (κ3) is 1.91. The van der Waals surface area contributed by atoms with Crippen molar-refractivity contribution in [1.82, 2.24) is 0 Å².